The molecule has 0 bridgehead atoms. The zero-order valence-corrected chi connectivity index (χ0v) is 12.1. The number of thiazole rings is 1. The van der Waals surface area contributed by atoms with Gasteiger partial charge in [-0.2, -0.15) is 0 Å². The molecule has 6 heteroatoms. The molecule has 0 aliphatic rings. The van der Waals surface area contributed by atoms with Crippen molar-refractivity contribution in [2.75, 3.05) is 5.32 Å². The van der Waals surface area contributed by atoms with Crippen molar-refractivity contribution in [2.24, 2.45) is 0 Å². The standard InChI is InChI=1S/C16H11FN2O2S/c17-11-2-1-3-12(8-11)19-15(21)16-18-9-14(22-16)10-4-6-13(20)7-5-10/h1-9,20H,(H,19,21). The molecule has 4 nitrogen and oxygen atoms in total. The maximum absolute atomic E-state index is 13.1. The van der Waals surface area contributed by atoms with E-state index >= 15 is 0 Å². The van der Waals surface area contributed by atoms with E-state index in [0.717, 1.165) is 10.4 Å². The van der Waals surface area contributed by atoms with Gasteiger partial charge in [0.2, 0.25) is 0 Å². The van der Waals surface area contributed by atoms with Crippen molar-refractivity contribution in [1.82, 2.24) is 4.98 Å². The number of halogens is 1. The Balaban J connectivity index is 1.78. The Kier molecular flexibility index (Phi) is 3.84. The number of nitrogens with one attached hydrogen (secondary N) is 1. The average Bonchev–Trinajstić information content (AvgIpc) is 2.98. The number of aromatic hydroxyl groups is 1. The molecule has 2 N–H and O–H groups in total. The van der Waals surface area contributed by atoms with Gasteiger partial charge in [0.15, 0.2) is 5.01 Å². The third-order valence-corrected chi connectivity index (χ3v) is 3.98. The number of hydrogen-bond donors (Lipinski definition) is 2. The summed E-state index contributed by atoms with van der Waals surface area (Å²) in [5.74, 6) is -0.625. The van der Waals surface area contributed by atoms with E-state index in [1.165, 1.54) is 29.5 Å². The van der Waals surface area contributed by atoms with Gasteiger partial charge in [0, 0.05) is 11.9 Å². The number of anilines is 1. The van der Waals surface area contributed by atoms with Gasteiger partial charge in [-0.05, 0) is 48.0 Å². The van der Waals surface area contributed by atoms with Crippen LogP contribution in [0.5, 0.6) is 5.75 Å². The van der Waals surface area contributed by atoms with Crippen LogP contribution in [0.3, 0.4) is 0 Å². The molecule has 1 aromatic heterocycles. The molecule has 3 aromatic rings. The Morgan fingerprint density at radius 2 is 1.95 bits per heavy atom. The summed E-state index contributed by atoms with van der Waals surface area (Å²) in [5, 5.41) is 12.2. The molecule has 0 saturated carbocycles. The molecule has 110 valence electrons. The van der Waals surface area contributed by atoms with E-state index in [0.29, 0.717) is 5.69 Å². The molecule has 1 amide bonds. The average molecular weight is 314 g/mol. The second-order valence-corrected chi connectivity index (χ2v) is 5.57. The molecule has 0 spiro atoms. The number of carbonyl (C=O) groups excluding carboxylic acids is 1. The number of aromatic nitrogens is 1. The fourth-order valence-corrected chi connectivity index (χ4v) is 2.71. The Morgan fingerprint density at radius 1 is 1.18 bits per heavy atom. The van der Waals surface area contributed by atoms with E-state index in [9.17, 15) is 14.3 Å². The van der Waals surface area contributed by atoms with Gasteiger partial charge >= 0.3 is 0 Å². The Bertz CT molecular complexity index is 815. The maximum atomic E-state index is 13.1. The van der Waals surface area contributed by atoms with Crippen LogP contribution in [0.2, 0.25) is 0 Å². The van der Waals surface area contributed by atoms with Crippen molar-refractivity contribution >= 4 is 22.9 Å². The number of phenolic OH excluding ortho intramolecular Hbond substituents is 1. The van der Waals surface area contributed by atoms with Crippen molar-refractivity contribution in [3.8, 4) is 16.2 Å². The molecular formula is C16H11FN2O2S. The summed E-state index contributed by atoms with van der Waals surface area (Å²) in [4.78, 5) is 17.0. The topological polar surface area (TPSA) is 62.2 Å². The lowest BCUT2D eigenvalue weighted by Crippen LogP contribution is -2.11. The molecule has 0 saturated heterocycles. The first-order chi connectivity index (χ1) is 10.6. The van der Waals surface area contributed by atoms with E-state index in [2.05, 4.69) is 10.3 Å². The SMILES string of the molecule is O=C(Nc1cccc(F)c1)c1ncc(-c2ccc(O)cc2)s1. The number of carbonyl (C=O) groups is 1. The van der Waals surface area contributed by atoms with Crippen molar-refractivity contribution in [1.29, 1.82) is 0 Å². The van der Waals surface area contributed by atoms with Gasteiger partial charge in [0.1, 0.15) is 11.6 Å². The quantitative estimate of drug-likeness (QED) is 0.770. The fourth-order valence-electron chi connectivity index (χ4n) is 1.89. The number of hydrogen-bond acceptors (Lipinski definition) is 4. The van der Waals surface area contributed by atoms with Crippen LogP contribution in [0.4, 0.5) is 10.1 Å². The lowest BCUT2D eigenvalue weighted by molar-refractivity contribution is 0.102. The minimum atomic E-state index is -0.415. The molecule has 0 atom stereocenters. The van der Waals surface area contributed by atoms with E-state index < -0.39 is 5.82 Å². The normalized spacial score (nSPS) is 10.4. The first-order valence-electron chi connectivity index (χ1n) is 6.44. The Labute approximate surface area is 129 Å². The number of phenols is 1. The molecule has 2 aromatic carbocycles. The van der Waals surface area contributed by atoms with Crippen molar-refractivity contribution < 1.29 is 14.3 Å². The predicted molar refractivity (Wildman–Crippen MR) is 83.6 cm³/mol. The summed E-state index contributed by atoms with van der Waals surface area (Å²) in [6.07, 6.45) is 1.59. The first kappa shape index (κ1) is 14.2. The predicted octanol–water partition coefficient (Wildman–Crippen LogP) is 3.91. The molecule has 0 fully saturated rings. The van der Waals surface area contributed by atoms with Crippen LogP contribution < -0.4 is 5.32 Å². The summed E-state index contributed by atoms with van der Waals surface area (Å²) in [6.45, 7) is 0. The van der Waals surface area contributed by atoms with Gasteiger partial charge in [-0.15, -0.1) is 11.3 Å². The van der Waals surface area contributed by atoms with Crippen LogP contribution in [0, 0.1) is 5.82 Å². The molecule has 0 aliphatic carbocycles. The highest BCUT2D eigenvalue weighted by Crippen LogP contribution is 2.27. The van der Waals surface area contributed by atoms with Crippen molar-refractivity contribution in [3.63, 3.8) is 0 Å². The number of nitrogens with zero attached hydrogens (tertiary/aromatic N) is 1. The van der Waals surface area contributed by atoms with Crippen LogP contribution in [-0.2, 0) is 0 Å². The number of amides is 1. The highest BCUT2D eigenvalue weighted by Gasteiger charge is 2.12. The third-order valence-electron chi connectivity index (χ3n) is 2.93. The van der Waals surface area contributed by atoms with Crippen LogP contribution in [0.25, 0.3) is 10.4 Å². The van der Waals surface area contributed by atoms with Crippen molar-refractivity contribution in [2.45, 2.75) is 0 Å². The maximum Gasteiger partial charge on any atom is 0.284 e. The summed E-state index contributed by atoms with van der Waals surface area (Å²) in [7, 11) is 0. The molecule has 22 heavy (non-hydrogen) atoms. The largest absolute Gasteiger partial charge is 0.508 e. The first-order valence-corrected chi connectivity index (χ1v) is 7.25. The Hall–Kier alpha value is -2.73. The molecule has 0 aliphatic heterocycles. The minimum Gasteiger partial charge on any atom is -0.508 e. The van der Waals surface area contributed by atoms with E-state index in [-0.39, 0.29) is 16.7 Å². The fraction of sp³-hybridized carbons (Fsp3) is 0. The molecule has 0 unspecified atom stereocenters. The molecule has 1 heterocycles. The van der Waals surface area contributed by atoms with Crippen LogP contribution in [0.15, 0.2) is 54.7 Å². The van der Waals surface area contributed by atoms with Gasteiger partial charge < -0.3 is 10.4 Å². The van der Waals surface area contributed by atoms with E-state index in [4.69, 9.17) is 0 Å². The van der Waals surface area contributed by atoms with Gasteiger partial charge in [0.05, 0.1) is 4.88 Å². The zero-order valence-electron chi connectivity index (χ0n) is 11.3. The van der Waals surface area contributed by atoms with Crippen LogP contribution in [-0.4, -0.2) is 16.0 Å². The monoisotopic (exact) mass is 314 g/mol. The zero-order chi connectivity index (χ0) is 15.5. The summed E-state index contributed by atoms with van der Waals surface area (Å²) in [6, 6.07) is 12.3. The molecular weight excluding hydrogens is 303 g/mol. The van der Waals surface area contributed by atoms with Gasteiger partial charge in [0.25, 0.3) is 5.91 Å². The van der Waals surface area contributed by atoms with Crippen molar-refractivity contribution in [3.05, 3.63) is 65.6 Å². The van der Waals surface area contributed by atoms with E-state index in [1.54, 1.807) is 36.5 Å². The van der Waals surface area contributed by atoms with Gasteiger partial charge in [-0.3, -0.25) is 4.79 Å². The lowest BCUT2D eigenvalue weighted by Gasteiger charge is -2.02. The second-order valence-electron chi connectivity index (χ2n) is 4.54. The minimum absolute atomic E-state index is 0.178. The van der Waals surface area contributed by atoms with E-state index in [1.807, 2.05) is 0 Å². The molecule has 0 radical (unpaired) electrons. The summed E-state index contributed by atoms with van der Waals surface area (Å²) >= 11 is 1.22. The summed E-state index contributed by atoms with van der Waals surface area (Å²) in [5.41, 5.74) is 1.24. The van der Waals surface area contributed by atoms with Gasteiger partial charge in [-0.1, -0.05) is 6.07 Å². The van der Waals surface area contributed by atoms with Crippen LogP contribution >= 0.6 is 11.3 Å². The smallest absolute Gasteiger partial charge is 0.284 e. The second kappa shape index (κ2) is 5.95. The summed E-state index contributed by atoms with van der Waals surface area (Å²) < 4.78 is 13.1. The number of rotatable bonds is 3. The third kappa shape index (κ3) is 3.12. The Morgan fingerprint density at radius 3 is 2.68 bits per heavy atom. The van der Waals surface area contributed by atoms with Crippen LogP contribution in [0.1, 0.15) is 9.80 Å². The highest BCUT2D eigenvalue weighted by molar-refractivity contribution is 7.17. The van der Waals surface area contributed by atoms with Gasteiger partial charge in [-0.25, -0.2) is 9.37 Å². The highest BCUT2D eigenvalue weighted by atomic mass is 32.1. The molecule has 3 rings (SSSR count). The lowest BCUT2D eigenvalue weighted by atomic mass is 10.2. The number of benzene rings is 2.